The SMILES string of the molecule is Cc1cccc(C[C@H](NNC(=O)C(c2ccccc2)c2ccccc2)C(=O)N[C@H](C#N)CCOc2cccc(C(=O)O)c2)c1. The predicted molar refractivity (Wildman–Crippen MR) is 166 cm³/mol. The van der Waals surface area contributed by atoms with Crippen LogP contribution in [0.2, 0.25) is 0 Å². The fraction of sp³-hybridized carbons (Fsp3) is 0.200. The van der Waals surface area contributed by atoms with E-state index in [2.05, 4.69) is 22.2 Å². The summed E-state index contributed by atoms with van der Waals surface area (Å²) in [7, 11) is 0. The van der Waals surface area contributed by atoms with Crippen molar-refractivity contribution >= 4 is 17.8 Å². The normalized spacial score (nSPS) is 12.0. The van der Waals surface area contributed by atoms with Crippen molar-refractivity contribution in [3.63, 3.8) is 0 Å². The molecule has 4 N–H and O–H groups in total. The summed E-state index contributed by atoms with van der Waals surface area (Å²) in [6, 6.07) is 32.8. The standard InChI is InChI=1S/C35H34N4O5/c1-24-10-8-11-25(20-24)21-31(33(40)37-29(23-36)18-19-44-30-17-9-16-28(22-30)35(42)43)38-39-34(41)32(26-12-4-2-5-13-26)27-14-6-3-7-15-27/h2-17,20,22,29,31-32,38H,18-19,21H2,1H3,(H,37,40)(H,39,41)(H,42,43)/t29-,31-/m0/s1. The van der Waals surface area contributed by atoms with Crippen LogP contribution in [0.25, 0.3) is 0 Å². The molecule has 44 heavy (non-hydrogen) atoms. The molecule has 2 atom stereocenters. The van der Waals surface area contributed by atoms with E-state index in [1.165, 1.54) is 12.1 Å². The van der Waals surface area contributed by atoms with E-state index in [1.54, 1.807) is 12.1 Å². The van der Waals surface area contributed by atoms with Crippen LogP contribution in [-0.2, 0) is 16.0 Å². The van der Waals surface area contributed by atoms with Gasteiger partial charge >= 0.3 is 5.97 Å². The van der Waals surface area contributed by atoms with Gasteiger partial charge in [0.25, 0.3) is 0 Å². The van der Waals surface area contributed by atoms with Crippen LogP contribution in [0.3, 0.4) is 0 Å². The number of aromatic carboxylic acids is 1. The molecule has 0 aromatic heterocycles. The molecule has 9 heteroatoms. The monoisotopic (exact) mass is 590 g/mol. The number of nitriles is 1. The molecule has 0 aliphatic heterocycles. The highest BCUT2D eigenvalue weighted by Crippen LogP contribution is 2.24. The smallest absolute Gasteiger partial charge is 0.335 e. The average Bonchev–Trinajstić information content (AvgIpc) is 3.03. The highest BCUT2D eigenvalue weighted by molar-refractivity contribution is 5.88. The Labute approximate surface area is 256 Å². The first-order valence-corrected chi connectivity index (χ1v) is 14.2. The lowest BCUT2D eigenvalue weighted by molar-refractivity contribution is -0.126. The van der Waals surface area contributed by atoms with Gasteiger partial charge in [-0.2, -0.15) is 5.26 Å². The number of benzene rings is 4. The molecule has 4 aromatic rings. The largest absolute Gasteiger partial charge is 0.493 e. The van der Waals surface area contributed by atoms with E-state index in [1.807, 2.05) is 91.9 Å². The molecule has 0 heterocycles. The lowest BCUT2D eigenvalue weighted by Crippen LogP contribution is -2.55. The van der Waals surface area contributed by atoms with Crippen molar-refractivity contribution in [2.45, 2.75) is 37.8 Å². The van der Waals surface area contributed by atoms with E-state index in [0.29, 0.717) is 5.75 Å². The van der Waals surface area contributed by atoms with E-state index >= 15 is 0 Å². The maximum atomic E-state index is 13.6. The Balaban J connectivity index is 1.45. The topological polar surface area (TPSA) is 141 Å². The third-order valence-electron chi connectivity index (χ3n) is 6.96. The van der Waals surface area contributed by atoms with Gasteiger partial charge in [-0.15, -0.1) is 0 Å². The van der Waals surface area contributed by atoms with Crippen LogP contribution in [-0.4, -0.2) is 41.6 Å². The molecule has 0 saturated carbocycles. The van der Waals surface area contributed by atoms with Gasteiger partial charge in [-0.05, 0) is 48.2 Å². The molecule has 0 saturated heterocycles. The number of carbonyl (C=O) groups excluding carboxylic acids is 2. The van der Waals surface area contributed by atoms with Crippen LogP contribution in [0, 0.1) is 18.3 Å². The molecule has 4 aromatic carbocycles. The molecule has 0 bridgehead atoms. The fourth-order valence-corrected chi connectivity index (χ4v) is 4.76. The van der Waals surface area contributed by atoms with Crippen molar-refractivity contribution in [1.29, 1.82) is 5.26 Å². The van der Waals surface area contributed by atoms with Crippen molar-refractivity contribution in [1.82, 2.24) is 16.2 Å². The lowest BCUT2D eigenvalue weighted by Gasteiger charge is -2.23. The summed E-state index contributed by atoms with van der Waals surface area (Å²) in [5, 5.41) is 21.7. The van der Waals surface area contributed by atoms with Crippen LogP contribution < -0.4 is 20.9 Å². The van der Waals surface area contributed by atoms with Gasteiger partial charge < -0.3 is 15.2 Å². The number of hydrogen-bond acceptors (Lipinski definition) is 6. The van der Waals surface area contributed by atoms with Crippen LogP contribution in [0.4, 0.5) is 0 Å². The zero-order valence-electron chi connectivity index (χ0n) is 24.3. The predicted octanol–water partition coefficient (Wildman–Crippen LogP) is 4.53. The molecule has 0 radical (unpaired) electrons. The van der Waals surface area contributed by atoms with E-state index in [9.17, 15) is 24.8 Å². The minimum atomic E-state index is -1.07. The Morgan fingerprint density at radius 1 is 0.841 bits per heavy atom. The first kappa shape index (κ1) is 31.5. The van der Waals surface area contributed by atoms with Gasteiger partial charge in [0.1, 0.15) is 17.8 Å². The second-order valence-corrected chi connectivity index (χ2v) is 10.3. The molecule has 0 aliphatic carbocycles. The average molecular weight is 591 g/mol. The Morgan fingerprint density at radius 3 is 2.11 bits per heavy atom. The van der Waals surface area contributed by atoms with Gasteiger partial charge in [-0.1, -0.05) is 96.6 Å². The van der Waals surface area contributed by atoms with Crippen molar-refractivity contribution in [3.8, 4) is 11.8 Å². The molecule has 224 valence electrons. The molecule has 0 fully saturated rings. The summed E-state index contributed by atoms with van der Waals surface area (Å²) in [6.07, 6.45) is 0.416. The molecule has 0 spiro atoms. The number of rotatable bonds is 14. The van der Waals surface area contributed by atoms with Gasteiger partial charge in [0, 0.05) is 6.42 Å². The van der Waals surface area contributed by atoms with Crippen molar-refractivity contribution in [3.05, 3.63) is 137 Å². The van der Waals surface area contributed by atoms with Gasteiger partial charge in [0.15, 0.2) is 0 Å². The maximum absolute atomic E-state index is 13.6. The van der Waals surface area contributed by atoms with Crippen LogP contribution >= 0.6 is 0 Å². The highest BCUT2D eigenvalue weighted by Gasteiger charge is 2.26. The lowest BCUT2D eigenvalue weighted by atomic mass is 9.91. The second kappa shape index (κ2) is 15.7. The zero-order chi connectivity index (χ0) is 31.3. The van der Waals surface area contributed by atoms with Crippen molar-refractivity contribution in [2.24, 2.45) is 0 Å². The summed E-state index contributed by atoms with van der Waals surface area (Å²) in [6.45, 7) is 2.03. The molecule has 0 aliphatic rings. The summed E-state index contributed by atoms with van der Waals surface area (Å²) in [5.41, 5.74) is 9.28. The molecular formula is C35H34N4O5. The third kappa shape index (κ3) is 9.02. The number of ether oxygens (including phenoxy) is 1. The fourth-order valence-electron chi connectivity index (χ4n) is 4.76. The minimum absolute atomic E-state index is 0.0735. The van der Waals surface area contributed by atoms with Crippen LogP contribution in [0.15, 0.2) is 109 Å². The number of carbonyl (C=O) groups is 3. The van der Waals surface area contributed by atoms with Crippen LogP contribution in [0.5, 0.6) is 5.75 Å². The zero-order valence-corrected chi connectivity index (χ0v) is 24.3. The number of carboxylic acid groups (broad SMARTS) is 1. The number of aryl methyl sites for hydroxylation is 1. The van der Waals surface area contributed by atoms with Crippen molar-refractivity contribution < 1.29 is 24.2 Å². The molecule has 4 rings (SSSR count). The molecule has 9 nitrogen and oxygen atoms in total. The number of carboxylic acids is 1. The van der Waals surface area contributed by atoms with Crippen LogP contribution in [0.1, 0.15) is 45.0 Å². The number of nitrogens with zero attached hydrogens (tertiary/aromatic N) is 1. The quantitative estimate of drug-likeness (QED) is 0.158. The number of hydrazine groups is 1. The second-order valence-electron chi connectivity index (χ2n) is 10.3. The highest BCUT2D eigenvalue weighted by atomic mass is 16.5. The van der Waals surface area contributed by atoms with Gasteiger partial charge in [0.2, 0.25) is 11.8 Å². The van der Waals surface area contributed by atoms with E-state index < -0.39 is 29.9 Å². The summed E-state index contributed by atoms with van der Waals surface area (Å²) >= 11 is 0. The van der Waals surface area contributed by atoms with E-state index in [-0.39, 0.29) is 30.9 Å². The maximum Gasteiger partial charge on any atom is 0.335 e. The summed E-state index contributed by atoms with van der Waals surface area (Å²) in [4.78, 5) is 38.3. The summed E-state index contributed by atoms with van der Waals surface area (Å²) < 4.78 is 5.63. The Morgan fingerprint density at radius 2 is 1.50 bits per heavy atom. The van der Waals surface area contributed by atoms with Gasteiger partial charge in [-0.25, -0.2) is 10.2 Å². The third-order valence-corrected chi connectivity index (χ3v) is 6.96. The van der Waals surface area contributed by atoms with E-state index in [4.69, 9.17) is 4.74 Å². The molecular weight excluding hydrogens is 556 g/mol. The number of nitrogens with one attached hydrogen (secondary N) is 3. The first-order valence-electron chi connectivity index (χ1n) is 14.2. The Bertz CT molecular complexity index is 1560. The van der Waals surface area contributed by atoms with E-state index in [0.717, 1.165) is 22.3 Å². The number of amides is 2. The van der Waals surface area contributed by atoms with Gasteiger partial charge in [0.05, 0.1) is 24.2 Å². The van der Waals surface area contributed by atoms with Crippen molar-refractivity contribution in [2.75, 3.05) is 6.61 Å². The Kier molecular flexibility index (Phi) is 11.2. The summed E-state index contributed by atoms with van der Waals surface area (Å²) in [5.74, 6) is -2.14. The number of hydrogen-bond donors (Lipinski definition) is 4. The minimum Gasteiger partial charge on any atom is -0.493 e. The molecule has 0 unspecified atom stereocenters. The molecule has 2 amide bonds. The van der Waals surface area contributed by atoms with Gasteiger partial charge in [-0.3, -0.25) is 15.0 Å². The first-order chi connectivity index (χ1) is 21.3. The Hall–Kier alpha value is -5.46.